The summed E-state index contributed by atoms with van der Waals surface area (Å²) in [4.78, 5) is 22.7. The Kier molecular flexibility index (Phi) is 5.25. The zero-order chi connectivity index (χ0) is 16.8. The summed E-state index contributed by atoms with van der Waals surface area (Å²) in [5.41, 5.74) is 1.15. The molecule has 1 aliphatic rings. The number of benzene rings is 1. The van der Waals surface area contributed by atoms with Gasteiger partial charge in [0.25, 0.3) is 5.91 Å². The van der Waals surface area contributed by atoms with Crippen LogP contribution in [0.1, 0.15) is 24.8 Å². The van der Waals surface area contributed by atoms with Crippen LogP contribution < -0.4 is 15.0 Å². The normalized spacial score (nSPS) is 14.3. The van der Waals surface area contributed by atoms with Gasteiger partial charge in [0.1, 0.15) is 23.7 Å². The number of hydrogen-bond donors (Lipinski definition) is 1. The van der Waals surface area contributed by atoms with Crippen molar-refractivity contribution < 1.29 is 9.53 Å². The molecule has 0 bridgehead atoms. The first-order valence-corrected chi connectivity index (χ1v) is 8.27. The number of nitrogens with zero attached hydrogens (tertiary/aromatic N) is 3. The molecule has 0 radical (unpaired) electrons. The van der Waals surface area contributed by atoms with Crippen molar-refractivity contribution in [2.45, 2.75) is 26.2 Å². The Balaban J connectivity index is 1.55. The molecule has 2 heterocycles. The number of carbonyl (C=O) groups excluding carboxylic acids is 1. The quantitative estimate of drug-likeness (QED) is 0.915. The highest BCUT2D eigenvalue weighted by molar-refractivity contribution is 5.91. The summed E-state index contributed by atoms with van der Waals surface area (Å²) in [6.45, 7) is 3.96. The first kappa shape index (κ1) is 16.2. The lowest BCUT2D eigenvalue weighted by molar-refractivity contribution is -0.118. The third-order valence-corrected chi connectivity index (χ3v) is 3.99. The summed E-state index contributed by atoms with van der Waals surface area (Å²) >= 11 is 0. The molecule has 126 valence electrons. The molecular formula is C18H22N4O2. The number of nitrogens with one attached hydrogen (secondary N) is 1. The van der Waals surface area contributed by atoms with E-state index in [9.17, 15) is 4.79 Å². The number of piperidine rings is 1. The maximum Gasteiger partial charge on any atom is 0.263 e. The largest absolute Gasteiger partial charge is 0.484 e. The average molecular weight is 326 g/mol. The van der Waals surface area contributed by atoms with E-state index in [1.807, 2.05) is 37.3 Å². The molecule has 0 saturated carbocycles. The van der Waals surface area contributed by atoms with Gasteiger partial charge in [0.2, 0.25) is 0 Å². The Hall–Kier alpha value is -2.63. The number of carbonyl (C=O) groups is 1. The van der Waals surface area contributed by atoms with E-state index in [2.05, 4.69) is 20.2 Å². The smallest absolute Gasteiger partial charge is 0.263 e. The van der Waals surface area contributed by atoms with Crippen LogP contribution in [0.15, 0.2) is 36.7 Å². The van der Waals surface area contributed by atoms with Crippen molar-refractivity contribution in [3.8, 4) is 5.75 Å². The highest BCUT2D eigenvalue weighted by Gasteiger charge is 2.13. The first-order valence-electron chi connectivity index (χ1n) is 8.27. The predicted molar refractivity (Wildman–Crippen MR) is 93.4 cm³/mol. The molecule has 1 N–H and O–H groups in total. The van der Waals surface area contributed by atoms with Gasteiger partial charge >= 0.3 is 0 Å². The van der Waals surface area contributed by atoms with Crippen LogP contribution in [0, 0.1) is 6.92 Å². The fraction of sp³-hybridized carbons (Fsp3) is 0.389. The zero-order valence-corrected chi connectivity index (χ0v) is 13.9. The Labute approximate surface area is 141 Å². The van der Waals surface area contributed by atoms with Gasteiger partial charge in [0, 0.05) is 19.2 Å². The highest BCUT2D eigenvalue weighted by Crippen LogP contribution is 2.19. The van der Waals surface area contributed by atoms with Crippen molar-refractivity contribution in [3.05, 3.63) is 42.2 Å². The van der Waals surface area contributed by atoms with E-state index in [0.717, 1.165) is 24.5 Å². The van der Waals surface area contributed by atoms with Crippen molar-refractivity contribution in [1.29, 1.82) is 0 Å². The number of anilines is 2. The minimum atomic E-state index is -0.237. The summed E-state index contributed by atoms with van der Waals surface area (Å²) in [6.07, 6.45) is 5.11. The number of rotatable bonds is 5. The van der Waals surface area contributed by atoms with Crippen LogP contribution >= 0.6 is 0 Å². The molecule has 3 rings (SSSR count). The summed E-state index contributed by atoms with van der Waals surface area (Å²) in [5, 5.41) is 2.76. The van der Waals surface area contributed by atoms with Crippen LogP contribution in [0.2, 0.25) is 0 Å². The lowest BCUT2D eigenvalue weighted by Gasteiger charge is -2.27. The molecule has 24 heavy (non-hydrogen) atoms. The van der Waals surface area contributed by atoms with Gasteiger partial charge in [-0.05, 0) is 38.3 Å². The third-order valence-electron chi connectivity index (χ3n) is 3.99. The summed E-state index contributed by atoms with van der Waals surface area (Å²) in [6, 6.07) is 9.41. The number of hydrogen-bond acceptors (Lipinski definition) is 5. The molecule has 0 atom stereocenters. The first-order chi connectivity index (χ1) is 11.7. The van der Waals surface area contributed by atoms with E-state index >= 15 is 0 Å². The van der Waals surface area contributed by atoms with Crippen LogP contribution in [0.4, 0.5) is 11.6 Å². The van der Waals surface area contributed by atoms with E-state index in [0.29, 0.717) is 11.6 Å². The van der Waals surface area contributed by atoms with Crippen molar-refractivity contribution in [2.75, 3.05) is 29.9 Å². The van der Waals surface area contributed by atoms with E-state index in [-0.39, 0.29) is 12.5 Å². The number of aromatic nitrogens is 2. The standard InChI is InChI=1S/C18H22N4O2/c1-14-5-7-15(8-6-14)24-12-18(23)21-16-11-17(20-13-19-16)22-9-3-2-4-10-22/h5-8,11,13H,2-4,9-10,12H2,1H3,(H,19,20,21,23). The Bertz CT molecular complexity index is 682. The van der Waals surface area contributed by atoms with Crippen molar-refractivity contribution in [1.82, 2.24) is 9.97 Å². The van der Waals surface area contributed by atoms with Crippen molar-refractivity contribution in [3.63, 3.8) is 0 Å². The van der Waals surface area contributed by atoms with Gasteiger partial charge in [-0.2, -0.15) is 0 Å². The van der Waals surface area contributed by atoms with E-state index in [1.165, 1.54) is 25.6 Å². The van der Waals surface area contributed by atoms with Crippen LogP contribution in [0.3, 0.4) is 0 Å². The molecular weight excluding hydrogens is 304 g/mol. The zero-order valence-electron chi connectivity index (χ0n) is 13.9. The molecule has 1 amide bonds. The molecule has 1 fully saturated rings. The number of aryl methyl sites for hydroxylation is 1. The molecule has 0 aliphatic carbocycles. The number of ether oxygens (including phenoxy) is 1. The summed E-state index contributed by atoms with van der Waals surface area (Å²) < 4.78 is 5.48. The molecule has 6 nitrogen and oxygen atoms in total. The van der Waals surface area contributed by atoms with Gasteiger partial charge < -0.3 is 15.0 Å². The van der Waals surface area contributed by atoms with Crippen molar-refractivity contribution >= 4 is 17.5 Å². The second kappa shape index (κ2) is 7.77. The predicted octanol–water partition coefficient (Wildman–Crippen LogP) is 2.79. The Morgan fingerprint density at radius 3 is 2.67 bits per heavy atom. The Morgan fingerprint density at radius 1 is 1.17 bits per heavy atom. The van der Waals surface area contributed by atoms with E-state index in [1.54, 1.807) is 0 Å². The molecule has 0 unspecified atom stereocenters. The Morgan fingerprint density at radius 2 is 1.92 bits per heavy atom. The maximum absolute atomic E-state index is 12.0. The van der Waals surface area contributed by atoms with E-state index < -0.39 is 0 Å². The summed E-state index contributed by atoms with van der Waals surface area (Å²) in [5.74, 6) is 1.80. The monoisotopic (exact) mass is 326 g/mol. The number of amides is 1. The lowest BCUT2D eigenvalue weighted by Crippen LogP contribution is -2.30. The molecule has 1 aromatic carbocycles. The molecule has 2 aromatic rings. The fourth-order valence-electron chi connectivity index (χ4n) is 2.67. The lowest BCUT2D eigenvalue weighted by atomic mass is 10.1. The SMILES string of the molecule is Cc1ccc(OCC(=O)Nc2cc(N3CCCCC3)ncn2)cc1. The molecule has 6 heteroatoms. The van der Waals surface area contributed by atoms with Gasteiger partial charge in [0.15, 0.2) is 6.61 Å². The van der Waals surface area contributed by atoms with Gasteiger partial charge in [0.05, 0.1) is 0 Å². The molecule has 1 aliphatic heterocycles. The molecule has 1 aromatic heterocycles. The second-order valence-corrected chi connectivity index (χ2v) is 5.96. The second-order valence-electron chi connectivity index (χ2n) is 5.96. The van der Waals surface area contributed by atoms with Gasteiger partial charge in [-0.3, -0.25) is 4.79 Å². The maximum atomic E-state index is 12.0. The minimum Gasteiger partial charge on any atom is -0.484 e. The summed E-state index contributed by atoms with van der Waals surface area (Å²) in [7, 11) is 0. The van der Waals surface area contributed by atoms with Crippen LogP contribution in [0.5, 0.6) is 5.75 Å². The molecule has 1 saturated heterocycles. The van der Waals surface area contributed by atoms with Crippen LogP contribution in [-0.4, -0.2) is 35.6 Å². The molecule has 0 spiro atoms. The van der Waals surface area contributed by atoms with Gasteiger partial charge in [-0.25, -0.2) is 9.97 Å². The third kappa shape index (κ3) is 4.44. The topological polar surface area (TPSA) is 67.3 Å². The van der Waals surface area contributed by atoms with Gasteiger partial charge in [-0.1, -0.05) is 17.7 Å². The van der Waals surface area contributed by atoms with Crippen LogP contribution in [0.25, 0.3) is 0 Å². The van der Waals surface area contributed by atoms with Crippen LogP contribution in [-0.2, 0) is 4.79 Å². The van der Waals surface area contributed by atoms with Gasteiger partial charge in [-0.15, -0.1) is 0 Å². The average Bonchev–Trinajstić information content (AvgIpc) is 2.62. The minimum absolute atomic E-state index is 0.0495. The highest BCUT2D eigenvalue weighted by atomic mass is 16.5. The fourth-order valence-corrected chi connectivity index (χ4v) is 2.67. The van der Waals surface area contributed by atoms with E-state index in [4.69, 9.17) is 4.74 Å². The van der Waals surface area contributed by atoms with Crippen molar-refractivity contribution in [2.24, 2.45) is 0 Å².